The van der Waals surface area contributed by atoms with Crippen LogP contribution < -0.4 is 0 Å². The number of hydrogen-bond donors (Lipinski definition) is 1. The Hall–Kier alpha value is -0.950. The van der Waals surface area contributed by atoms with E-state index in [-0.39, 0.29) is 10.8 Å². The summed E-state index contributed by atoms with van der Waals surface area (Å²) in [6.07, 6.45) is 3.12. The number of rotatable bonds is 2. The zero-order chi connectivity index (χ0) is 15.1. The molecule has 6 heteroatoms. The van der Waals surface area contributed by atoms with E-state index >= 15 is 0 Å². The van der Waals surface area contributed by atoms with Crippen molar-refractivity contribution in [3.63, 3.8) is 0 Å². The molecule has 1 spiro atoms. The Labute approximate surface area is 125 Å². The van der Waals surface area contributed by atoms with Gasteiger partial charge in [0.1, 0.15) is 0 Å². The van der Waals surface area contributed by atoms with Crippen LogP contribution in [0.5, 0.6) is 0 Å². The third-order valence-corrected chi connectivity index (χ3v) is 5.37. The second-order valence-corrected chi connectivity index (χ2v) is 7.29. The standard InChI is InChI=1S/C15H20O5S/c1-11-2-3-14(21(16,17)18)13(10-11)12-4-6-15(7-5-12)19-8-9-20-15/h2-3,10,12H,4-9H2,1H3,(H,16,17,18). The molecule has 0 bridgehead atoms. The highest BCUT2D eigenvalue weighted by atomic mass is 32.2. The molecular formula is C15H20O5S. The predicted octanol–water partition coefficient (Wildman–Crippen LogP) is 2.64. The molecule has 2 aliphatic rings. The van der Waals surface area contributed by atoms with Crippen LogP contribution in [0.4, 0.5) is 0 Å². The Morgan fingerprint density at radius 3 is 2.38 bits per heavy atom. The van der Waals surface area contributed by atoms with Gasteiger partial charge >= 0.3 is 0 Å². The number of hydrogen-bond acceptors (Lipinski definition) is 4. The van der Waals surface area contributed by atoms with Crippen molar-refractivity contribution in [2.75, 3.05) is 13.2 Å². The molecule has 0 amide bonds. The third-order valence-electron chi connectivity index (χ3n) is 4.44. The SMILES string of the molecule is Cc1ccc(S(=O)(=O)O)c(C2CCC3(CC2)OCCO3)c1. The van der Waals surface area contributed by atoms with Crippen LogP contribution >= 0.6 is 0 Å². The van der Waals surface area contributed by atoms with Gasteiger partial charge in [-0.05, 0) is 37.3 Å². The van der Waals surface area contributed by atoms with Crippen LogP contribution in [0.1, 0.15) is 42.7 Å². The lowest BCUT2D eigenvalue weighted by atomic mass is 9.80. The maximum atomic E-state index is 11.6. The molecule has 5 nitrogen and oxygen atoms in total. The van der Waals surface area contributed by atoms with Crippen molar-refractivity contribution in [3.05, 3.63) is 29.3 Å². The van der Waals surface area contributed by atoms with Crippen LogP contribution in [0.3, 0.4) is 0 Å². The van der Waals surface area contributed by atoms with Crippen molar-refractivity contribution >= 4 is 10.1 Å². The van der Waals surface area contributed by atoms with Gasteiger partial charge in [0.2, 0.25) is 0 Å². The Morgan fingerprint density at radius 2 is 1.81 bits per heavy atom. The summed E-state index contributed by atoms with van der Waals surface area (Å²) in [6.45, 7) is 3.18. The summed E-state index contributed by atoms with van der Waals surface area (Å²) in [4.78, 5) is 0.0299. The first-order valence-corrected chi connectivity index (χ1v) is 8.70. The lowest BCUT2D eigenvalue weighted by Crippen LogP contribution is -2.34. The minimum atomic E-state index is -4.19. The van der Waals surface area contributed by atoms with Gasteiger partial charge in [-0.15, -0.1) is 0 Å². The third kappa shape index (κ3) is 2.99. The molecular weight excluding hydrogens is 292 g/mol. The molecule has 1 aromatic rings. The molecule has 1 aliphatic heterocycles. The topological polar surface area (TPSA) is 72.8 Å². The average molecular weight is 312 g/mol. The quantitative estimate of drug-likeness (QED) is 0.850. The molecule has 21 heavy (non-hydrogen) atoms. The van der Waals surface area contributed by atoms with E-state index in [1.807, 2.05) is 13.0 Å². The first-order valence-electron chi connectivity index (χ1n) is 7.26. The van der Waals surface area contributed by atoms with Crippen molar-refractivity contribution in [1.29, 1.82) is 0 Å². The molecule has 1 aromatic carbocycles. The van der Waals surface area contributed by atoms with Gasteiger partial charge in [-0.3, -0.25) is 4.55 Å². The highest BCUT2D eigenvalue weighted by Gasteiger charge is 2.41. The number of ether oxygens (including phenoxy) is 2. The van der Waals surface area contributed by atoms with Gasteiger partial charge in [-0.25, -0.2) is 0 Å². The summed E-state index contributed by atoms with van der Waals surface area (Å²) in [5.41, 5.74) is 1.71. The number of aryl methyl sites for hydroxylation is 1. The van der Waals surface area contributed by atoms with E-state index in [2.05, 4.69) is 0 Å². The van der Waals surface area contributed by atoms with Crippen LogP contribution in [0.25, 0.3) is 0 Å². The lowest BCUT2D eigenvalue weighted by Gasteiger charge is -2.36. The van der Waals surface area contributed by atoms with Gasteiger partial charge in [0.15, 0.2) is 5.79 Å². The van der Waals surface area contributed by atoms with E-state index in [0.717, 1.165) is 31.2 Å². The van der Waals surface area contributed by atoms with E-state index in [0.29, 0.717) is 18.8 Å². The van der Waals surface area contributed by atoms with Crippen LogP contribution in [-0.2, 0) is 19.6 Å². The zero-order valence-corrected chi connectivity index (χ0v) is 12.9. The monoisotopic (exact) mass is 312 g/mol. The molecule has 1 heterocycles. The fourth-order valence-electron chi connectivity index (χ4n) is 3.38. The van der Waals surface area contributed by atoms with Crippen molar-refractivity contribution in [1.82, 2.24) is 0 Å². The van der Waals surface area contributed by atoms with Crippen LogP contribution in [0.15, 0.2) is 23.1 Å². The van der Waals surface area contributed by atoms with E-state index in [9.17, 15) is 13.0 Å². The van der Waals surface area contributed by atoms with Crippen LogP contribution in [0.2, 0.25) is 0 Å². The fourth-order valence-corrected chi connectivity index (χ4v) is 4.14. The summed E-state index contributed by atoms with van der Waals surface area (Å²) in [5.74, 6) is -0.348. The van der Waals surface area contributed by atoms with E-state index in [4.69, 9.17) is 9.47 Å². The highest BCUT2D eigenvalue weighted by molar-refractivity contribution is 7.85. The van der Waals surface area contributed by atoms with Crippen LogP contribution in [-0.4, -0.2) is 32.0 Å². The summed E-state index contributed by atoms with van der Waals surface area (Å²) in [6, 6.07) is 5.06. The normalized spacial score (nSPS) is 22.8. The molecule has 1 saturated heterocycles. The molecule has 116 valence electrons. The average Bonchev–Trinajstić information content (AvgIpc) is 2.86. The summed E-state index contributed by atoms with van der Waals surface area (Å²) in [5, 5.41) is 0. The molecule has 0 radical (unpaired) electrons. The second kappa shape index (κ2) is 5.35. The van der Waals surface area contributed by atoms with Crippen molar-refractivity contribution < 1.29 is 22.4 Å². The molecule has 2 fully saturated rings. The molecule has 0 atom stereocenters. The summed E-state index contributed by atoms with van der Waals surface area (Å²) in [7, 11) is -4.19. The summed E-state index contributed by atoms with van der Waals surface area (Å²) < 4.78 is 43.9. The zero-order valence-electron chi connectivity index (χ0n) is 12.0. The largest absolute Gasteiger partial charge is 0.348 e. The van der Waals surface area contributed by atoms with Gasteiger partial charge in [0.25, 0.3) is 10.1 Å². The van der Waals surface area contributed by atoms with Gasteiger partial charge in [0.05, 0.1) is 18.1 Å². The number of benzene rings is 1. The van der Waals surface area contributed by atoms with Gasteiger partial charge in [-0.1, -0.05) is 17.7 Å². The molecule has 1 aliphatic carbocycles. The Bertz CT molecular complexity index is 621. The Kier molecular flexibility index (Phi) is 3.81. The molecule has 1 saturated carbocycles. The maximum absolute atomic E-state index is 11.6. The maximum Gasteiger partial charge on any atom is 0.294 e. The van der Waals surface area contributed by atoms with Gasteiger partial charge in [-0.2, -0.15) is 8.42 Å². The van der Waals surface area contributed by atoms with E-state index in [1.165, 1.54) is 6.07 Å². The molecule has 0 unspecified atom stereocenters. The molecule has 3 rings (SSSR count). The second-order valence-electron chi connectivity index (χ2n) is 5.90. The van der Waals surface area contributed by atoms with E-state index < -0.39 is 15.9 Å². The lowest BCUT2D eigenvalue weighted by molar-refractivity contribution is -0.178. The van der Waals surface area contributed by atoms with E-state index in [1.54, 1.807) is 6.07 Å². The minimum Gasteiger partial charge on any atom is -0.348 e. The van der Waals surface area contributed by atoms with Crippen LogP contribution in [0, 0.1) is 6.92 Å². The first-order chi connectivity index (χ1) is 9.90. The van der Waals surface area contributed by atoms with Crippen molar-refractivity contribution in [3.8, 4) is 0 Å². The smallest absolute Gasteiger partial charge is 0.294 e. The Morgan fingerprint density at radius 1 is 1.19 bits per heavy atom. The summed E-state index contributed by atoms with van der Waals surface area (Å²) >= 11 is 0. The first kappa shape index (κ1) is 15.0. The fraction of sp³-hybridized carbons (Fsp3) is 0.600. The Balaban J connectivity index is 1.86. The van der Waals surface area contributed by atoms with Gasteiger partial charge in [0, 0.05) is 12.8 Å². The van der Waals surface area contributed by atoms with Crippen molar-refractivity contribution in [2.45, 2.75) is 49.2 Å². The molecule has 1 N–H and O–H groups in total. The molecule has 0 aromatic heterocycles. The minimum absolute atomic E-state index is 0.0299. The highest BCUT2D eigenvalue weighted by Crippen LogP contribution is 2.43. The van der Waals surface area contributed by atoms with Gasteiger partial charge < -0.3 is 9.47 Å². The van der Waals surface area contributed by atoms with Crippen molar-refractivity contribution in [2.24, 2.45) is 0 Å². The predicted molar refractivity (Wildman–Crippen MR) is 76.8 cm³/mol.